The smallest absolute Gasteiger partial charge is 0.214 e. The van der Waals surface area contributed by atoms with E-state index in [0.717, 1.165) is 44.5 Å². The minimum Gasteiger partial charge on any atom is -0.377 e. The van der Waals surface area contributed by atoms with E-state index in [2.05, 4.69) is 14.8 Å². The summed E-state index contributed by atoms with van der Waals surface area (Å²) in [6.07, 6.45) is 4.37. The molecule has 8 heteroatoms. The maximum atomic E-state index is 12.3. The minimum absolute atomic E-state index is 0.0383. The molecule has 1 aromatic heterocycles. The molecule has 0 aliphatic carbocycles. The highest BCUT2D eigenvalue weighted by molar-refractivity contribution is 7.89. The first-order valence-corrected chi connectivity index (χ1v) is 9.22. The number of nitrogens with zero attached hydrogens (tertiary/aromatic N) is 3. The van der Waals surface area contributed by atoms with E-state index in [1.54, 1.807) is 0 Å². The Morgan fingerprint density at radius 3 is 2.95 bits per heavy atom. The van der Waals surface area contributed by atoms with E-state index in [4.69, 9.17) is 4.74 Å². The summed E-state index contributed by atoms with van der Waals surface area (Å²) < 4.78 is 34.8. The van der Waals surface area contributed by atoms with Crippen molar-refractivity contribution in [1.29, 1.82) is 0 Å². The highest BCUT2D eigenvalue weighted by atomic mass is 32.2. The molecule has 2 aliphatic rings. The molecule has 2 atom stereocenters. The van der Waals surface area contributed by atoms with Gasteiger partial charge in [-0.25, -0.2) is 22.8 Å². The molecule has 1 N–H and O–H groups in total. The second-order valence-corrected chi connectivity index (χ2v) is 7.62. The lowest BCUT2D eigenvalue weighted by Gasteiger charge is -2.26. The van der Waals surface area contributed by atoms with E-state index in [9.17, 15) is 8.42 Å². The number of nitrogens with one attached hydrogen (secondary N) is 1. The molecule has 0 saturated carbocycles. The van der Waals surface area contributed by atoms with E-state index in [1.165, 1.54) is 0 Å². The van der Waals surface area contributed by atoms with Gasteiger partial charge in [0.1, 0.15) is 11.6 Å². The maximum absolute atomic E-state index is 12.3. The van der Waals surface area contributed by atoms with Crippen LogP contribution in [0.2, 0.25) is 0 Å². The molecule has 3 heterocycles. The molecule has 0 unspecified atom stereocenters. The number of hydrogen-bond donors (Lipinski definition) is 1. The van der Waals surface area contributed by atoms with Crippen molar-refractivity contribution in [3.63, 3.8) is 0 Å². The van der Waals surface area contributed by atoms with E-state index in [-0.39, 0.29) is 17.9 Å². The molecule has 21 heavy (non-hydrogen) atoms. The molecule has 0 amide bonds. The first kappa shape index (κ1) is 14.9. The monoisotopic (exact) mass is 314 g/mol. The van der Waals surface area contributed by atoms with Crippen molar-refractivity contribution in [2.24, 2.45) is 0 Å². The summed E-state index contributed by atoms with van der Waals surface area (Å²) in [5, 5.41) is 4.29. The van der Waals surface area contributed by atoms with Gasteiger partial charge >= 0.3 is 0 Å². The van der Waals surface area contributed by atoms with Crippen molar-refractivity contribution < 1.29 is 13.2 Å². The summed E-state index contributed by atoms with van der Waals surface area (Å²) in [5.41, 5.74) is 0. The Kier molecular flexibility index (Phi) is 4.28. The molecule has 0 aromatic carbocycles. The Morgan fingerprint density at radius 1 is 1.33 bits per heavy atom. The SMILES string of the molecule is Cc1nc2n(n1)CCC[C@H]2NS(=O)(=O)C[C@H]1CCCCO1. The quantitative estimate of drug-likeness (QED) is 0.892. The standard InChI is InChI=1S/C13H22N4O3S/c1-10-14-13-12(6-4-7-17(13)15-10)16-21(18,19)9-11-5-2-3-8-20-11/h11-12,16H,2-9H2,1H3/t11-,12-/m1/s1. The fourth-order valence-corrected chi connectivity index (χ4v) is 4.53. The van der Waals surface area contributed by atoms with Crippen LogP contribution in [0.1, 0.15) is 49.8 Å². The molecule has 1 fully saturated rings. The molecular formula is C13H22N4O3S. The summed E-state index contributed by atoms with van der Waals surface area (Å²) in [4.78, 5) is 4.36. The molecule has 0 bridgehead atoms. The molecule has 1 saturated heterocycles. The van der Waals surface area contributed by atoms with Crippen molar-refractivity contribution in [3.05, 3.63) is 11.6 Å². The van der Waals surface area contributed by atoms with Gasteiger partial charge in [-0.1, -0.05) is 0 Å². The van der Waals surface area contributed by atoms with Gasteiger partial charge in [0.25, 0.3) is 0 Å². The largest absolute Gasteiger partial charge is 0.377 e. The second-order valence-electron chi connectivity index (χ2n) is 5.82. The third-order valence-electron chi connectivity index (χ3n) is 3.98. The number of fused-ring (bicyclic) bond motifs is 1. The van der Waals surface area contributed by atoms with E-state index in [1.807, 2.05) is 11.6 Å². The van der Waals surface area contributed by atoms with Crippen LogP contribution < -0.4 is 4.72 Å². The Balaban J connectivity index is 1.68. The zero-order valence-electron chi connectivity index (χ0n) is 12.3. The van der Waals surface area contributed by atoms with Crippen LogP contribution in [0.4, 0.5) is 0 Å². The number of sulfonamides is 1. The Morgan fingerprint density at radius 2 is 2.19 bits per heavy atom. The molecule has 0 spiro atoms. The number of aryl methyl sites for hydroxylation is 2. The summed E-state index contributed by atoms with van der Waals surface area (Å²) >= 11 is 0. The van der Waals surface area contributed by atoms with Crippen LogP contribution in [0.3, 0.4) is 0 Å². The van der Waals surface area contributed by atoms with Crippen LogP contribution in [0.25, 0.3) is 0 Å². The van der Waals surface area contributed by atoms with Gasteiger partial charge in [0.05, 0.1) is 17.9 Å². The zero-order chi connectivity index (χ0) is 14.9. The van der Waals surface area contributed by atoms with Gasteiger partial charge in [-0.2, -0.15) is 5.10 Å². The van der Waals surface area contributed by atoms with Gasteiger partial charge in [0.15, 0.2) is 0 Å². The van der Waals surface area contributed by atoms with E-state index < -0.39 is 10.0 Å². The lowest BCUT2D eigenvalue weighted by Crippen LogP contribution is -2.39. The van der Waals surface area contributed by atoms with Gasteiger partial charge in [-0.15, -0.1) is 0 Å². The summed E-state index contributed by atoms with van der Waals surface area (Å²) in [6, 6.07) is -0.270. The van der Waals surface area contributed by atoms with Crippen LogP contribution in [-0.4, -0.2) is 41.6 Å². The summed E-state index contributed by atoms with van der Waals surface area (Å²) in [6.45, 7) is 3.30. The molecule has 118 valence electrons. The van der Waals surface area contributed by atoms with E-state index >= 15 is 0 Å². The average Bonchev–Trinajstić information content (AvgIpc) is 2.80. The van der Waals surface area contributed by atoms with Crippen molar-refractivity contribution in [3.8, 4) is 0 Å². The topological polar surface area (TPSA) is 86.1 Å². The number of hydrogen-bond acceptors (Lipinski definition) is 5. The summed E-state index contributed by atoms with van der Waals surface area (Å²) in [7, 11) is -3.37. The Bertz CT molecular complexity index is 593. The molecular weight excluding hydrogens is 292 g/mol. The minimum atomic E-state index is -3.37. The lowest BCUT2D eigenvalue weighted by molar-refractivity contribution is 0.0303. The number of ether oxygens (including phenoxy) is 1. The third-order valence-corrected chi connectivity index (χ3v) is 5.44. The van der Waals surface area contributed by atoms with Crippen LogP contribution in [-0.2, 0) is 21.3 Å². The van der Waals surface area contributed by atoms with Crippen LogP contribution in [0, 0.1) is 6.92 Å². The second kappa shape index (κ2) is 6.02. The van der Waals surface area contributed by atoms with Gasteiger partial charge in [-0.3, -0.25) is 0 Å². The summed E-state index contributed by atoms with van der Waals surface area (Å²) in [5.74, 6) is 1.45. The average molecular weight is 314 g/mol. The van der Waals surface area contributed by atoms with Crippen molar-refractivity contribution in [2.75, 3.05) is 12.4 Å². The molecule has 7 nitrogen and oxygen atoms in total. The van der Waals surface area contributed by atoms with Gasteiger partial charge in [0.2, 0.25) is 10.0 Å². The van der Waals surface area contributed by atoms with Gasteiger partial charge in [-0.05, 0) is 39.0 Å². The first-order chi connectivity index (χ1) is 10.0. The number of rotatable bonds is 4. The van der Waals surface area contributed by atoms with Crippen molar-refractivity contribution in [1.82, 2.24) is 19.5 Å². The lowest BCUT2D eigenvalue weighted by atomic mass is 10.1. The zero-order valence-corrected chi connectivity index (χ0v) is 13.1. The predicted molar refractivity (Wildman–Crippen MR) is 77.2 cm³/mol. The van der Waals surface area contributed by atoms with Gasteiger partial charge in [0, 0.05) is 13.2 Å². The third kappa shape index (κ3) is 3.61. The fourth-order valence-electron chi connectivity index (χ4n) is 3.03. The molecule has 2 aliphatic heterocycles. The first-order valence-electron chi connectivity index (χ1n) is 7.56. The van der Waals surface area contributed by atoms with Crippen LogP contribution >= 0.6 is 0 Å². The Hall–Kier alpha value is -0.990. The fraction of sp³-hybridized carbons (Fsp3) is 0.846. The normalized spacial score (nSPS) is 26.5. The molecule has 0 radical (unpaired) electrons. The number of aromatic nitrogens is 3. The van der Waals surface area contributed by atoms with E-state index in [0.29, 0.717) is 12.4 Å². The predicted octanol–water partition coefficient (Wildman–Crippen LogP) is 0.910. The van der Waals surface area contributed by atoms with Crippen molar-refractivity contribution >= 4 is 10.0 Å². The Labute approximate surface area is 125 Å². The maximum Gasteiger partial charge on any atom is 0.214 e. The highest BCUT2D eigenvalue weighted by Crippen LogP contribution is 2.24. The molecule has 3 rings (SSSR count). The van der Waals surface area contributed by atoms with Crippen molar-refractivity contribution in [2.45, 2.75) is 57.7 Å². The van der Waals surface area contributed by atoms with Crippen LogP contribution in [0.5, 0.6) is 0 Å². The van der Waals surface area contributed by atoms with Gasteiger partial charge < -0.3 is 4.74 Å². The van der Waals surface area contributed by atoms with Crippen LogP contribution in [0.15, 0.2) is 0 Å². The molecule has 1 aromatic rings. The highest BCUT2D eigenvalue weighted by Gasteiger charge is 2.29.